The minimum absolute atomic E-state index is 0.403. The lowest BCUT2D eigenvalue weighted by atomic mass is 9.98. The van der Waals surface area contributed by atoms with Crippen molar-refractivity contribution in [2.75, 3.05) is 7.11 Å². The van der Waals surface area contributed by atoms with Gasteiger partial charge in [-0.1, -0.05) is 48.5 Å². The van der Waals surface area contributed by atoms with Crippen LogP contribution in [0.1, 0.15) is 17.2 Å². The van der Waals surface area contributed by atoms with Gasteiger partial charge in [0, 0.05) is 12.0 Å². The number of aliphatic hydroxyl groups is 2. The van der Waals surface area contributed by atoms with Gasteiger partial charge in [0.05, 0.1) is 13.2 Å². The van der Waals surface area contributed by atoms with Crippen LogP contribution in [0.2, 0.25) is 0 Å². The average molecular weight is 258 g/mol. The molecule has 0 aliphatic heterocycles. The summed E-state index contributed by atoms with van der Waals surface area (Å²) in [7, 11) is 1.55. The molecule has 2 aromatic carbocycles. The SMILES string of the molecule is COc1ccccc1C(O)C(O)Cc1ccccc1. The number of aliphatic hydroxyl groups excluding tert-OH is 2. The highest BCUT2D eigenvalue weighted by Crippen LogP contribution is 2.28. The first-order valence-electron chi connectivity index (χ1n) is 6.25. The van der Waals surface area contributed by atoms with E-state index in [4.69, 9.17) is 4.74 Å². The molecule has 2 N–H and O–H groups in total. The van der Waals surface area contributed by atoms with Gasteiger partial charge in [0.25, 0.3) is 0 Å². The lowest BCUT2D eigenvalue weighted by Gasteiger charge is -2.20. The molecule has 0 saturated carbocycles. The van der Waals surface area contributed by atoms with Crippen molar-refractivity contribution in [2.24, 2.45) is 0 Å². The van der Waals surface area contributed by atoms with Crippen LogP contribution in [0.5, 0.6) is 5.75 Å². The fourth-order valence-corrected chi connectivity index (χ4v) is 2.09. The maximum absolute atomic E-state index is 10.2. The number of ether oxygens (including phenoxy) is 1. The molecular formula is C16H18O3. The Bertz CT molecular complexity index is 510. The van der Waals surface area contributed by atoms with E-state index in [1.807, 2.05) is 42.5 Å². The van der Waals surface area contributed by atoms with Crippen molar-refractivity contribution in [2.45, 2.75) is 18.6 Å². The largest absolute Gasteiger partial charge is 0.496 e. The van der Waals surface area contributed by atoms with E-state index in [1.54, 1.807) is 19.2 Å². The van der Waals surface area contributed by atoms with E-state index in [0.29, 0.717) is 17.7 Å². The summed E-state index contributed by atoms with van der Waals surface area (Å²) < 4.78 is 5.20. The maximum Gasteiger partial charge on any atom is 0.124 e. The highest BCUT2D eigenvalue weighted by atomic mass is 16.5. The molecule has 2 aromatic rings. The molecule has 2 atom stereocenters. The van der Waals surface area contributed by atoms with E-state index >= 15 is 0 Å². The van der Waals surface area contributed by atoms with Crippen LogP contribution < -0.4 is 4.74 Å². The molecule has 2 unspecified atom stereocenters. The molecule has 0 saturated heterocycles. The summed E-state index contributed by atoms with van der Waals surface area (Å²) in [6.07, 6.45) is -1.42. The molecule has 3 nitrogen and oxygen atoms in total. The number of benzene rings is 2. The van der Waals surface area contributed by atoms with Crippen molar-refractivity contribution < 1.29 is 14.9 Å². The molecular weight excluding hydrogens is 240 g/mol. The van der Waals surface area contributed by atoms with Gasteiger partial charge in [0.15, 0.2) is 0 Å². The second-order valence-corrected chi connectivity index (χ2v) is 4.44. The Hall–Kier alpha value is -1.84. The fourth-order valence-electron chi connectivity index (χ4n) is 2.09. The van der Waals surface area contributed by atoms with Gasteiger partial charge in [-0.05, 0) is 11.6 Å². The van der Waals surface area contributed by atoms with Gasteiger partial charge in [0.2, 0.25) is 0 Å². The van der Waals surface area contributed by atoms with E-state index in [0.717, 1.165) is 5.56 Å². The van der Waals surface area contributed by atoms with Gasteiger partial charge in [0.1, 0.15) is 11.9 Å². The average Bonchev–Trinajstić information content (AvgIpc) is 2.47. The van der Waals surface area contributed by atoms with Crippen LogP contribution in [0, 0.1) is 0 Å². The minimum Gasteiger partial charge on any atom is -0.496 e. The first-order valence-corrected chi connectivity index (χ1v) is 6.25. The number of methoxy groups -OCH3 is 1. The molecule has 0 fully saturated rings. The Morgan fingerprint density at radius 1 is 0.947 bits per heavy atom. The van der Waals surface area contributed by atoms with Crippen molar-refractivity contribution in [1.82, 2.24) is 0 Å². The summed E-state index contributed by atoms with van der Waals surface area (Å²) in [4.78, 5) is 0. The van der Waals surface area contributed by atoms with Crippen molar-refractivity contribution >= 4 is 0 Å². The van der Waals surface area contributed by atoms with E-state index < -0.39 is 12.2 Å². The predicted octanol–water partition coefficient (Wildman–Crippen LogP) is 2.33. The summed E-state index contributed by atoms with van der Waals surface area (Å²) in [5, 5.41) is 20.4. The van der Waals surface area contributed by atoms with Crippen molar-refractivity contribution in [3.05, 3.63) is 65.7 Å². The highest BCUT2D eigenvalue weighted by molar-refractivity contribution is 5.35. The summed E-state index contributed by atoms with van der Waals surface area (Å²) in [6, 6.07) is 16.8. The third-order valence-electron chi connectivity index (χ3n) is 3.11. The van der Waals surface area contributed by atoms with Crippen LogP contribution >= 0.6 is 0 Å². The summed E-state index contributed by atoms with van der Waals surface area (Å²) in [5.41, 5.74) is 1.59. The molecule has 0 amide bonds. The molecule has 0 spiro atoms. The minimum atomic E-state index is -0.962. The second kappa shape index (κ2) is 6.36. The van der Waals surface area contributed by atoms with Gasteiger partial charge in [-0.3, -0.25) is 0 Å². The van der Waals surface area contributed by atoms with E-state index in [1.165, 1.54) is 0 Å². The van der Waals surface area contributed by atoms with Crippen molar-refractivity contribution in [1.29, 1.82) is 0 Å². The van der Waals surface area contributed by atoms with Crippen LogP contribution in [0.25, 0.3) is 0 Å². The Labute approximate surface area is 113 Å². The van der Waals surface area contributed by atoms with Crippen LogP contribution in [0.4, 0.5) is 0 Å². The second-order valence-electron chi connectivity index (χ2n) is 4.44. The quantitative estimate of drug-likeness (QED) is 0.865. The zero-order valence-electron chi connectivity index (χ0n) is 10.9. The maximum atomic E-state index is 10.2. The van der Waals surface area contributed by atoms with Gasteiger partial charge in [-0.2, -0.15) is 0 Å². The van der Waals surface area contributed by atoms with Crippen LogP contribution in [-0.2, 0) is 6.42 Å². The normalized spacial score (nSPS) is 13.8. The molecule has 0 radical (unpaired) electrons. The molecule has 100 valence electrons. The Morgan fingerprint density at radius 2 is 1.58 bits per heavy atom. The zero-order chi connectivity index (χ0) is 13.7. The smallest absolute Gasteiger partial charge is 0.124 e. The third kappa shape index (κ3) is 3.34. The first-order chi connectivity index (χ1) is 9.22. The molecule has 3 heteroatoms. The molecule has 0 heterocycles. The number of hydrogen-bond donors (Lipinski definition) is 2. The van der Waals surface area contributed by atoms with Crippen molar-refractivity contribution in [3.8, 4) is 5.75 Å². The monoisotopic (exact) mass is 258 g/mol. The fraction of sp³-hybridized carbons (Fsp3) is 0.250. The molecule has 0 aliphatic rings. The number of rotatable bonds is 5. The van der Waals surface area contributed by atoms with Crippen molar-refractivity contribution in [3.63, 3.8) is 0 Å². The molecule has 0 bridgehead atoms. The zero-order valence-corrected chi connectivity index (χ0v) is 10.9. The van der Waals surface area contributed by atoms with Gasteiger partial charge >= 0.3 is 0 Å². The molecule has 0 aromatic heterocycles. The summed E-state index contributed by atoms with van der Waals surface area (Å²) >= 11 is 0. The molecule has 19 heavy (non-hydrogen) atoms. The number of hydrogen-bond acceptors (Lipinski definition) is 3. The highest BCUT2D eigenvalue weighted by Gasteiger charge is 2.21. The van der Waals surface area contributed by atoms with Gasteiger partial charge < -0.3 is 14.9 Å². The van der Waals surface area contributed by atoms with Crippen LogP contribution in [0.15, 0.2) is 54.6 Å². The topological polar surface area (TPSA) is 49.7 Å². The number of para-hydroxylation sites is 1. The third-order valence-corrected chi connectivity index (χ3v) is 3.11. The van der Waals surface area contributed by atoms with Crippen LogP contribution in [0.3, 0.4) is 0 Å². The van der Waals surface area contributed by atoms with Gasteiger partial charge in [-0.15, -0.1) is 0 Å². The summed E-state index contributed by atoms with van der Waals surface area (Å²) in [5.74, 6) is 0.585. The van der Waals surface area contributed by atoms with E-state index in [9.17, 15) is 10.2 Å². The first kappa shape index (κ1) is 13.6. The lowest BCUT2D eigenvalue weighted by Crippen LogP contribution is -2.21. The lowest BCUT2D eigenvalue weighted by molar-refractivity contribution is 0.0176. The van der Waals surface area contributed by atoms with E-state index in [2.05, 4.69) is 0 Å². The Balaban J connectivity index is 2.12. The molecule has 0 aliphatic carbocycles. The predicted molar refractivity (Wildman–Crippen MR) is 74.1 cm³/mol. The van der Waals surface area contributed by atoms with Crippen LogP contribution in [-0.4, -0.2) is 23.4 Å². The van der Waals surface area contributed by atoms with Gasteiger partial charge in [-0.25, -0.2) is 0 Å². The summed E-state index contributed by atoms with van der Waals surface area (Å²) in [6.45, 7) is 0. The Kier molecular flexibility index (Phi) is 4.55. The molecule has 2 rings (SSSR count). The Morgan fingerprint density at radius 3 is 2.26 bits per heavy atom. The van der Waals surface area contributed by atoms with E-state index in [-0.39, 0.29) is 0 Å². The standard InChI is InChI=1S/C16H18O3/c1-19-15-10-6-5-9-13(15)16(18)14(17)11-12-7-3-2-4-8-12/h2-10,14,16-18H,11H2,1H3.